The number of nitrogens with zero attached hydrogens (tertiary/aromatic N) is 1. The van der Waals surface area contributed by atoms with Crippen molar-refractivity contribution < 1.29 is 27.5 Å². The largest absolute Gasteiger partial charge is 0.489 e. The number of hydrogen-bond acceptors (Lipinski definition) is 6. The summed E-state index contributed by atoms with van der Waals surface area (Å²) >= 11 is 3.51. The van der Waals surface area contributed by atoms with Gasteiger partial charge in [-0.1, -0.05) is 65.9 Å². The van der Waals surface area contributed by atoms with E-state index in [0.29, 0.717) is 49.5 Å². The van der Waals surface area contributed by atoms with Crippen molar-refractivity contribution in [2.45, 2.75) is 74.7 Å². The molecular weight excluding hydrogens is 660 g/mol. The van der Waals surface area contributed by atoms with Gasteiger partial charge in [0.25, 0.3) is 0 Å². The summed E-state index contributed by atoms with van der Waals surface area (Å²) in [6.07, 6.45) is 1.39. The fourth-order valence-electron chi connectivity index (χ4n) is 4.58. The molecule has 1 N–H and O–H groups in total. The molecular formula is C33H41BrN2O6SSi. The van der Waals surface area contributed by atoms with Gasteiger partial charge in [0, 0.05) is 31.7 Å². The molecule has 1 saturated carbocycles. The van der Waals surface area contributed by atoms with Gasteiger partial charge in [-0.05, 0) is 78.4 Å². The number of amides is 2. The summed E-state index contributed by atoms with van der Waals surface area (Å²) in [6, 6.07) is 21.2. The summed E-state index contributed by atoms with van der Waals surface area (Å²) in [5.41, 5.74) is 2.86. The van der Waals surface area contributed by atoms with Crippen molar-refractivity contribution in [3.8, 4) is 5.75 Å². The van der Waals surface area contributed by atoms with Gasteiger partial charge in [0.2, 0.25) is 5.91 Å². The molecule has 3 aromatic carbocycles. The lowest BCUT2D eigenvalue weighted by Crippen LogP contribution is -2.30. The zero-order valence-corrected chi connectivity index (χ0v) is 29.2. The minimum absolute atomic E-state index is 0.0386. The number of carbonyl (C=O) groups excluding carboxylic acids is 2. The number of halogens is 1. The molecule has 44 heavy (non-hydrogen) atoms. The highest BCUT2D eigenvalue weighted by Crippen LogP contribution is 2.36. The summed E-state index contributed by atoms with van der Waals surface area (Å²) < 4.78 is 38.8. The van der Waals surface area contributed by atoms with Crippen LogP contribution in [0.2, 0.25) is 25.7 Å². The van der Waals surface area contributed by atoms with E-state index in [0.717, 1.165) is 21.6 Å². The third-order valence-corrected chi connectivity index (χ3v) is 11.8. The summed E-state index contributed by atoms with van der Waals surface area (Å²) in [6.45, 7) is 7.40. The predicted molar refractivity (Wildman–Crippen MR) is 179 cm³/mol. The molecule has 236 valence electrons. The number of benzene rings is 3. The number of anilines is 1. The van der Waals surface area contributed by atoms with Crippen LogP contribution in [0.1, 0.15) is 36.0 Å². The van der Waals surface area contributed by atoms with Gasteiger partial charge >= 0.3 is 6.09 Å². The van der Waals surface area contributed by atoms with Crippen molar-refractivity contribution in [2.24, 2.45) is 0 Å². The second kappa shape index (κ2) is 14.8. The first kappa shape index (κ1) is 33.7. The average Bonchev–Trinajstić information content (AvgIpc) is 3.82. The fourth-order valence-corrected chi connectivity index (χ4v) is 7.57. The van der Waals surface area contributed by atoms with Gasteiger partial charge in [0.1, 0.15) is 12.4 Å². The van der Waals surface area contributed by atoms with Crippen LogP contribution in [0.4, 0.5) is 10.5 Å². The normalized spacial score (nSPS) is 13.3. The maximum Gasteiger partial charge on any atom is 0.409 e. The van der Waals surface area contributed by atoms with Crippen LogP contribution >= 0.6 is 15.9 Å². The van der Waals surface area contributed by atoms with Crippen LogP contribution in [-0.2, 0) is 38.9 Å². The summed E-state index contributed by atoms with van der Waals surface area (Å²) in [5, 5.41) is 2.50. The Hall–Kier alpha value is -3.15. The van der Waals surface area contributed by atoms with Crippen molar-refractivity contribution in [2.75, 3.05) is 19.0 Å². The van der Waals surface area contributed by atoms with Gasteiger partial charge in [-0.2, -0.15) is 0 Å². The van der Waals surface area contributed by atoms with Gasteiger partial charge in [-0.3, -0.25) is 4.79 Å². The highest BCUT2D eigenvalue weighted by atomic mass is 79.9. The topological polar surface area (TPSA) is 102 Å². The Morgan fingerprint density at radius 3 is 2.41 bits per heavy atom. The lowest BCUT2D eigenvalue weighted by atomic mass is 10.1. The Morgan fingerprint density at radius 2 is 1.73 bits per heavy atom. The van der Waals surface area contributed by atoms with Crippen molar-refractivity contribution in [1.29, 1.82) is 0 Å². The average molecular weight is 702 g/mol. The van der Waals surface area contributed by atoms with Crippen molar-refractivity contribution in [1.82, 2.24) is 4.90 Å². The Kier molecular flexibility index (Phi) is 11.3. The van der Waals surface area contributed by atoms with Crippen LogP contribution in [0.15, 0.2) is 76.1 Å². The monoisotopic (exact) mass is 700 g/mol. The van der Waals surface area contributed by atoms with Gasteiger partial charge in [-0.25, -0.2) is 13.2 Å². The first-order chi connectivity index (χ1) is 20.8. The summed E-state index contributed by atoms with van der Waals surface area (Å²) in [7, 11) is -3.32. The lowest BCUT2D eigenvalue weighted by molar-refractivity contribution is -0.116. The second-order valence-electron chi connectivity index (χ2n) is 12.4. The van der Waals surface area contributed by atoms with Crippen LogP contribution in [0.3, 0.4) is 0 Å². The van der Waals surface area contributed by atoms with Crippen LogP contribution in [0, 0.1) is 0 Å². The molecule has 1 fully saturated rings. The molecule has 0 unspecified atom stereocenters. The van der Waals surface area contributed by atoms with Crippen LogP contribution in [0.5, 0.6) is 5.75 Å². The number of carbonyl (C=O) groups is 2. The number of nitrogens with one attached hydrogen (secondary N) is 1. The molecule has 3 aromatic rings. The van der Waals surface area contributed by atoms with E-state index in [9.17, 15) is 18.0 Å². The van der Waals surface area contributed by atoms with Gasteiger partial charge in [-0.15, -0.1) is 0 Å². The van der Waals surface area contributed by atoms with Crippen molar-refractivity contribution >= 4 is 51.5 Å². The van der Waals surface area contributed by atoms with E-state index in [1.165, 1.54) is 11.0 Å². The van der Waals surface area contributed by atoms with E-state index < -0.39 is 29.3 Å². The first-order valence-electron chi connectivity index (χ1n) is 14.8. The number of ether oxygens (including phenoxy) is 2. The second-order valence-corrected chi connectivity index (χ2v) is 21.2. The third-order valence-electron chi connectivity index (χ3n) is 7.29. The fraction of sp³-hybridized carbons (Fsp3) is 0.394. The third kappa shape index (κ3) is 9.93. The lowest BCUT2D eigenvalue weighted by Gasteiger charge is -2.21. The molecule has 2 amide bonds. The van der Waals surface area contributed by atoms with Gasteiger partial charge < -0.3 is 19.7 Å². The molecule has 4 rings (SSSR count). The minimum Gasteiger partial charge on any atom is -0.489 e. The van der Waals surface area contributed by atoms with Crippen molar-refractivity contribution in [3.05, 3.63) is 87.9 Å². The first-order valence-corrected chi connectivity index (χ1v) is 20.9. The highest BCUT2D eigenvalue weighted by Gasteiger charge is 2.38. The van der Waals surface area contributed by atoms with E-state index in [1.807, 2.05) is 48.5 Å². The Bertz CT molecular complexity index is 1570. The number of rotatable bonds is 14. The van der Waals surface area contributed by atoms with E-state index in [-0.39, 0.29) is 23.8 Å². The number of aryl methyl sites for hydroxylation is 1. The predicted octanol–water partition coefficient (Wildman–Crippen LogP) is 7.44. The molecule has 0 spiro atoms. The molecule has 0 heterocycles. The van der Waals surface area contributed by atoms with Gasteiger partial charge in [0.15, 0.2) is 9.84 Å². The highest BCUT2D eigenvalue weighted by molar-refractivity contribution is 9.10. The molecule has 1 aliphatic rings. The molecule has 1 aliphatic carbocycles. The minimum atomic E-state index is -3.53. The van der Waals surface area contributed by atoms with Crippen LogP contribution in [-0.4, -0.2) is 52.3 Å². The molecule has 0 bridgehead atoms. The molecule has 11 heteroatoms. The molecule has 0 saturated heterocycles. The standard InChI is InChI=1S/C33H41BrN2O6SSi/c1-36(33(38)41-18-19-44(2,3)4)22-26-21-28(12-16-31(26)43(39,40)29-13-14-29)35-32(37)17-10-25-20-27(34)11-15-30(25)42-23-24-8-6-5-7-9-24/h5-9,11-12,15-16,20-21,29H,10,13-14,17-19,22-23H2,1-4H3,(H,35,37). The number of sulfone groups is 1. The summed E-state index contributed by atoms with van der Waals surface area (Å²) in [4.78, 5) is 27.3. The zero-order valence-electron chi connectivity index (χ0n) is 25.8. The van der Waals surface area contributed by atoms with E-state index >= 15 is 0 Å². The molecule has 0 aliphatic heterocycles. The van der Waals surface area contributed by atoms with Gasteiger partial charge in [0.05, 0.1) is 23.3 Å². The molecule has 0 atom stereocenters. The van der Waals surface area contributed by atoms with Crippen LogP contribution < -0.4 is 10.1 Å². The maximum atomic E-state index is 13.2. The Labute approximate surface area is 270 Å². The smallest absolute Gasteiger partial charge is 0.409 e. The molecule has 8 nitrogen and oxygen atoms in total. The molecule has 0 radical (unpaired) electrons. The van der Waals surface area contributed by atoms with Crippen LogP contribution in [0.25, 0.3) is 0 Å². The molecule has 0 aromatic heterocycles. The quantitative estimate of drug-likeness (QED) is 0.175. The summed E-state index contributed by atoms with van der Waals surface area (Å²) in [5.74, 6) is 0.489. The Morgan fingerprint density at radius 1 is 1.00 bits per heavy atom. The Balaban J connectivity index is 1.43. The van der Waals surface area contributed by atoms with Crippen molar-refractivity contribution in [3.63, 3.8) is 0 Å². The van der Waals surface area contributed by atoms with E-state index in [1.54, 1.807) is 19.2 Å². The SMILES string of the molecule is CN(Cc1cc(NC(=O)CCc2cc(Br)ccc2OCc2ccccc2)ccc1S(=O)(=O)C1CC1)C(=O)OCC[Si](C)(C)C. The zero-order chi connectivity index (χ0) is 31.9. The maximum absolute atomic E-state index is 13.2. The van der Waals surface area contributed by atoms with E-state index in [2.05, 4.69) is 40.9 Å². The number of hydrogen-bond donors (Lipinski definition) is 1. The van der Waals surface area contributed by atoms with E-state index in [4.69, 9.17) is 9.47 Å².